The van der Waals surface area contributed by atoms with E-state index in [1.54, 1.807) is 0 Å². The average molecular weight is 234 g/mol. The van der Waals surface area contributed by atoms with E-state index in [2.05, 4.69) is 38.3 Å². The van der Waals surface area contributed by atoms with E-state index in [9.17, 15) is 4.79 Å². The van der Waals surface area contributed by atoms with Crippen LogP contribution in [0.5, 0.6) is 0 Å². The third-order valence-corrected chi connectivity index (χ3v) is 3.14. The van der Waals surface area contributed by atoms with Crippen molar-refractivity contribution in [1.82, 2.24) is 5.43 Å². The van der Waals surface area contributed by atoms with E-state index in [-0.39, 0.29) is 17.2 Å². The quantitative estimate of drug-likeness (QED) is 0.469. The van der Waals surface area contributed by atoms with Gasteiger partial charge in [0.15, 0.2) is 0 Å². The number of carbonyl (C=O) groups is 1. The second-order valence-electron chi connectivity index (χ2n) is 5.55. The first-order chi connectivity index (χ1) is 7.77. The Morgan fingerprint density at radius 3 is 2.35 bits per heavy atom. The number of amides is 1. The topological polar surface area (TPSA) is 55.1 Å². The predicted octanol–water partition coefficient (Wildman–Crippen LogP) is 2.39. The molecule has 1 atom stereocenters. The van der Waals surface area contributed by atoms with E-state index in [0.29, 0.717) is 0 Å². The summed E-state index contributed by atoms with van der Waals surface area (Å²) in [7, 11) is 0. The zero-order valence-electron chi connectivity index (χ0n) is 11.3. The number of aryl methyl sites for hydroxylation is 1. The van der Waals surface area contributed by atoms with Crippen LogP contribution in [0.15, 0.2) is 18.2 Å². The standard InChI is InChI=1S/C14H22N2O/c1-9-8-11(14(3,4)5)6-7-12(9)10(2)13(17)16-15/h6-8,10H,15H2,1-5H3,(H,16,17). The summed E-state index contributed by atoms with van der Waals surface area (Å²) < 4.78 is 0. The molecule has 3 nitrogen and oxygen atoms in total. The smallest absolute Gasteiger partial charge is 0.241 e. The average Bonchev–Trinajstić information content (AvgIpc) is 2.25. The number of carbonyl (C=O) groups excluding carboxylic acids is 1. The van der Waals surface area contributed by atoms with Crippen molar-refractivity contribution in [1.29, 1.82) is 0 Å². The lowest BCUT2D eigenvalue weighted by atomic mass is 9.84. The van der Waals surface area contributed by atoms with Crippen LogP contribution in [0.3, 0.4) is 0 Å². The Morgan fingerprint density at radius 1 is 1.35 bits per heavy atom. The fraction of sp³-hybridized carbons (Fsp3) is 0.500. The van der Waals surface area contributed by atoms with Crippen LogP contribution in [0.1, 0.15) is 50.3 Å². The number of hydrogen-bond acceptors (Lipinski definition) is 2. The van der Waals surface area contributed by atoms with Gasteiger partial charge in [-0.1, -0.05) is 39.0 Å². The maximum atomic E-state index is 11.5. The molecule has 0 aromatic heterocycles. The Bertz CT molecular complexity index is 419. The van der Waals surface area contributed by atoms with Crippen LogP contribution in [-0.4, -0.2) is 5.91 Å². The molecule has 0 radical (unpaired) electrons. The molecule has 0 spiro atoms. The van der Waals surface area contributed by atoms with Gasteiger partial charge >= 0.3 is 0 Å². The minimum absolute atomic E-state index is 0.128. The minimum Gasteiger partial charge on any atom is -0.294 e. The van der Waals surface area contributed by atoms with Crippen molar-refractivity contribution >= 4 is 5.91 Å². The minimum atomic E-state index is -0.214. The van der Waals surface area contributed by atoms with Crippen LogP contribution < -0.4 is 11.3 Å². The number of hydrazine groups is 1. The maximum absolute atomic E-state index is 11.5. The van der Waals surface area contributed by atoms with Gasteiger partial charge in [0.05, 0.1) is 5.92 Å². The van der Waals surface area contributed by atoms with E-state index in [1.807, 2.05) is 19.9 Å². The Labute approximate surface area is 103 Å². The van der Waals surface area contributed by atoms with E-state index in [1.165, 1.54) is 5.56 Å². The summed E-state index contributed by atoms with van der Waals surface area (Å²) in [6.07, 6.45) is 0. The normalized spacial score (nSPS) is 13.3. The van der Waals surface area contributed by atoms with Crippen LogP contribution >= 0.6 is 0 Å². The van der Waals surface area contributed by atoms with Crippen molar-refractivity contribution in [3.63, 3.8) is 0 Å². The highest BCUT2D eigenvalue weighted by Crippen LogP contribution is 2.27. The SMILES string of the molecule is Cc1cc(C(C)(C)C)ccc1C(C)C(=O)NN. The molecule has 0 fully saturated rings. The van der Waals surface area contributed by atoms with Gasteiger partial charge in [0.2, 0.25) is 5.91 Å². The predicted molar refractivity (Wildman–Crippen MR) is 70.6 cm³/mol. The van der Waals surface area contributed by atoms with Crippen molar-refractivity contribution in [3.8, 4) is 0 Å². The van der Waals surface area contributed by atoms with Crippen LogP contribution in [0.4, 0.5) is 0 Å². The molecule has 1 amide bonds. The molecule has 0 aliphatic carbocycles. The second kappa shape index (κ2) is 4.88. The highest BCUT2D eigenvalue weighted by molar-refractivity contribution is 5.83. The first kappa shape index (κ1) is 13.7. The summed E-state index contributed by atoms with van der Waals surface area (Å²) in [5.74, 6) is 4.79. The van der Waals surface area contributed by atoms with Gasteiger partial charge in [-0.2, -0.15) is 0 Å². The first-order valence-corrected chi connectivity index (χ1v) is 5.89. The van der Waals surface area contributed by atoms with E-state index < -0.39 is 0 Å². The Kier molecular flexibility index (Phi) is 3.94. The molecule has 0 saturated heterocycles. The third kappa shape index (κ3) is 3.07. The second-order valence-corrected chi connectivity index (χ2v) is 5.55. The third-order valence-electron chi connectivity index (χ3n) is 3.14. The van der Waals surface area contributed by atoms with Crippen LogP contribution in [-0.2, 0) is 10.2 Å². The lowest BCUT2D eigenvalue weighted by Crippen LogP contribution is -2.34. The van der Waals surface area contributed by atoms with Crippen molar-refractivity contribution in [2.75, 3.05) is 0 Å². The molecule has 17 heavy (non-hydrogen) atoms. The van der Waals surface area contributed by atoms with Gasteiger partial charge in [0, 0.05) is 0 Å². The van der Waals surface area contributed by atoms with Gasteiger partial charge in [-0.05, 0) is 36.0 Å². The maximum Gasteiger partial charge on any atom is 0.241 e. The number of nitrogens with two attached hydrogens (primary N) is 1. The summed E-state index contributed by atoms with van der Waals surface area (Å²) in [6, 6.07) is 6.26. The molecule has 3 N–H and O–H groups in total. The highest BCUT2D eigenvalue weighted by Gasteiger charge is 2.19. The van der Waals surface area contributed by atoms with Gasteiger partial charge in [0.25, 0.3) is 0 Å². The summed E-state index contributed by atoms with van der Waals surface area (Å²) in [5.41, 5.74) is 5.76. The number of rotatable bonds is 2. The van der Waals surface area contributed by atoms with Crippen LogP contribution in [0.25, 0.3) is 0 Å². The largest absolute Gasteiger partial charge is 0.294 e. The number of benzene rings is 1. The number of nitrogens with one attached hydrogen (secondary N) is 1. The highest BCUT2D eigenvalue weighted by atomic mass is 16.2. The molecule has 0 aliphatic rings. The summed E-state index contributed by atoms with van der Waals surface area (Å²) in [4.78, 5) is 11.5. The lowest BCUT2D eigenvalue weighted by molar-refractivity contribution is -0.122. The molecular weight excluding hydrogens is 212 g/mol. The van der Waals surface area contributed by atoms with Gasteiger partial charge in [-0.3, -0.25) is 10.2 Å². The van der Waals surface area contributed by atoms with Crippen molar-refractivity contribution in [2.24, 2.45) is 5.84 Å². The van der Waals surface area contributed by atoms with Crippen LogP contribution in [0.2, 0.25) is 0 Å². The molecule has 3 heteroatoms. The van der Waals surface area contributed by atoms with Crippen LogP contribution in [0, 0.1) is 6.92 Å². The fourth-order valence-electron chi connectivity index (χ4n) is 1.89. The molecule has 1 aromatic carbocycles. The van der Waals surface area contributed by atoms with Crippen molar-refractivity contribution in [2.45, 2.75) is 46.0 Å². The molecule has 1 unspecified atom stereocenters. The lowest BCUT2D eigenvalue weighted by Gasteiger charge is -2.22. The molecule has 0 heterocycles. The summed E-state index contributed by atoms with van der Waals surface area (Å²) >= 11 is 0. The zero-order valence-corrected chi connectivity index (χ0v) is 11.3. The molecule has 0 bridgehead atoms. The van der Waals surface area contributed by atoms with Crippen molar-refractivity contribution < 1.29 is 4.79 Å². The summed E-state index contributed by atoms with van der Waals surface area (Å²) in [5, 5.41) is 0. The first-order valence-electron chi connectivity index (χ1n) is 5.89. The van der Waals surface area contributed by atoms with Crippen molar-refractivity contribution in [3.05, 3.63) is 34.9 Å². The van der Waals surface area contributed by atoms with Gasteiger partial charge in [-0.15, -0.1) is 0 Å². The summed E-state index contributed by atoms with van der Waals surface area (Å²) in [6.45, 7) is 10.4. The Balaban J connectivity index is 3.10. The molecular formula is C14H22N2O. The Morgan fingerprint density at radius 2 is 1.94 bits per heavy atom. The molecule has 1 aromatic rings. The van der Waals surface area contributed by atoms with Gasteiger partial charge in [-0.25, -0.2) is 5.84 Å². The Hall–Kier alpha value is -1.35. The van der Waals surface area contributed by atoms with E-state index in [0.717, 1.165) is 11.1 Å². The molecule has 1 rings (SSSR count). The monoisotopic (exact) mass is 234 g/mol. The molecule has 94 valence electrons. The van der Waals surface area contributed by atoms with Gasteiger partial charge in [0.1, 0.15) is 0 Å². The fourth-order valence-corrected chi connectivity index (χ4v) is 1.89. The van der Waals surface area contributed by atoms with E-state index >= 15 is 0 Å². The van der Waals surface area contributed by atoms with Gasteiger partial charge < -0.3 is 0 Å². The number of hydrogen-bond donors (Lipinski definition) is 2. The zero-order chi connectivity index (χ0) is 13.2. The molecule has 0 aliphatic heterocycles. The van der Waals surface area contributed by atoms with E-state index in [4.69, 9.17) is 5.84 Å². The molecule has 0 saturated carbocycles.